The van der Waals surface area contributed by atoms with Crippen LogP contribution in [-0.4, -0.2) is 28.7 Å². The molecule has 17 heavy (non-hydrogen) atoms. The summed E-state index contributed by atoms with van der Waals surface area (Å²) in [7, 11) is 0. The van der Waals surface area contributed by atoms with Gasteiger partial charge in [0, 0.05) is 30.4 Å². The van der Waals surface area contributed by atoms with E-state index in [-0.39, 0.29) is 5.38 Å². The van der Waals surface area contributed by atoms with Crippen molar-refractivity contribution in [2.24, 2.45) is 0 Å². The minimum absolute atomic E-state index is 0.270. The van der Waals surface area contributed by atoms with Crippen LogP contribution in [0.2, 0.25) is 0 Å². The quantitative estimate of drug-likeness (QED) is 0.755. The Bertz CT molecular complexity index is 328. The Morgan fingerprint density at radius 1 is 1.18 bits per heavy atom. The van der Waals surface area contributed by atoms with E-state index < -0.39 is 0 Å². The highest BCUT2D eigenvalue weighted by atomic mass is 35.5. The zero-order valence-electron chi connectivity index (χ0n) is 9.99. The predicted molar refractivity (Wildman–Crippen MR) is 74.9 cm³/mol. The van der Waals surface area contributed by atoms with Gasteiger partial charge >= 0.3 is 0 Å². The van der Waals surface area contributed by atoms with E-state index in [1.165, 1.54) is 18.4 Å². The molecule has 2 unspecified atom stereocenters. The van der Waals surface area contributed by atoms with E-state index in [2.05, 4.69) is 35.2 Å². The van der Waals surface area contributed by atoms with Crippen molar-refractivity contribution in [3.63, 3.8) is 0 Å². The highest BCUT2D eigenvalue weighted by Gasteiger charge is 2.24. The third kappa shape index (κ3) is 3.87. The van der Waals surface area contributed by atoms with Gasteiger partial charge in [0.25, 0.3) is 0 Å². The zero-order chi connectivity index (χ0) is 12.1. The summed E-state index contributed by atoms with van der Waals surface area (Å²) in [5, 5.41) is 0.270. The number of hydrogen-bond donors (Lipinski definition) is 0. The number of benzene rings is 1. The summed E-state index contributed by atoms with van der Waals surface area (Å²) in [5.41, 5.74) is 1.34. The van der Waals surface area contributed by atoms with E-state index >= 15 is 0 Å². The first-order valence-corrected chi connectivity index (χ1v) is 7.24. The molecule has 0 radical (unpaired) electrons. The molecule has 94 valence electrons. The molecule has 1 saturated heterocycles. The summed E-state index contributed by atoms with van der Waals surface area (Å²) < 4.78 is 0. The van der Waals surface area contributed by atoms with E-state index in [9.17, 15) is 0 Å². The van der Waals surface area contributed by atoms with Gasteiger partial charge in [-0.25, -0.2) is 0 Å². The fourth-order valence-electron chi connectivity index (χ4n) is 2.44. The van der Waals surface area contributed by atoms with Crippen molar-refractivity contribution in [1.82, 2.24) is 4.90 Å². The fraction of sp³-hybridized carbons (Fsp3) is 0.571. The van der Waals surface area contributed by atoms with Crippen molar-refractivity contribution in [1.29, 1.82) is 0 Å². The SMILES string of the molecule is ClCC1CCCC(Cl)CN1Cc1ccccc1. The molecule has 0 saturated carbocycles. The number of nitrogens with zero attached hydrogens (tertiary/aromatic N) is 1. The normalized spacial score (nSPS) is 26.7. The molecule has 0 aliphatic carbocycles. The lowest BCUT2D eigenvalue weighted by Gasteiger charge is -2.29. The third-order valence-corrected chi connectivity index (χ3v) is 4.12. The van der Waals surface area contributed by atoms with Gasteiger partial charge in [0.2, 0.25) is 0 Å². The third-order valence-electron chi connectivity index (χ3n) is 3.41. The molecule has 1 aliphatic heterocycles. The van der Waals surface area contributed by atoms with Crippen molar-refractivity contribution >= 4 is 23.2 Å². The molecule has 1 fully saturated rings. The smallest absolute Gasteiger partial charge is 0.0463 e. The summed E-state index contributed by atoms with van der Waals surface area (Å²) in [4.78, 5) is 2.44. The fourth-order valence-corrected chi connectivity index (χ4v) is 3.12. The van der Waals surface area contributed by atoms with Crippen molar-refractivity contribution in [3.05, 3.63) is 35.9 Å². The first kappa shape index (κ1) is 13.2. The number of hydrogen-bond acceptors (Lipinski definition) is 1. The minimum atomic E-state index is 0.270. The van der Waals surface area contributed by atoms with Crippen molar-refractivity contribution < 1.29 is 0 Å². The van der Waals surface area contributed by atoms with Gasteiger partial charge in [-0.1, -0.05) is 36.8 Å². The van der Waals surface area contributed by atoms with E-state index in [0.717, 1.165) is 19.5 Å². The van der Waals surface area contributed by atoms with Crippen LogP contribution in [0.3, 0.4) is 0 Å². The van der Waals surface area contributed by atoms with Crippen LogP contribution >= 0.6 is 23.2 Å². The van der Waals surface area contributed by atoms with Crippen LogP contribution in [0.15, 0.2) is 30.3 Å². The van der Waals surface area contributed by atoms with Crippen LogP contribution in [0.1, 0.15) is 24.8 Å². The molecule has 1 aromatic carbocycles. The molecule has 0 bridgehead atoms. The van der Waals surface area contributed by atoms with Gasteiger partial charge in [0.15, 0.2) is 0 Å². The molecule has 0 spiro atoms. The van der Waals surface area contributed by atoms with Gasteiger partial charge in [0.1, 0.15) is 0 Å². The van der Waals surface area contributed by atoms with Gasteiger partial charge in [-0.2, -0.15) is 0 Å². The largest absolute Gasteiger partial charge is 0.293 e. The Morgan fingerprint density at radius 2 is 1.94 bits per heavy atom. The molecular weight excluding hydrogens is 253 g/mol. The Labute approximate surface area is 114 Å². The number of likely N-dealkylation sites (tertiary alicyclic amines) is 1. The molecule has 1 aromatic rings. The molecule has 1 heterocycles. The van der Waals surface area contributed by atoms with Crippen LogP contribution in [0.5, 0.6) is 0 Å². The number of halogens is 2. The van der Waals surface area contributed by atoms with Gasteiger partial charge < -0.3 is 0 Å². The predicted octanol–water partition coefficient (Wildman–Crippen LogP) is 3.89. The van der Waals surface area contributed by atoms with Crippen LogP contribution in [0, 0.1) is 0 Å². The molecular formula is C14H19Cl2N. The zero-order valence-corrected chi connectivity index (χ0v) is 11.5. The molecule has 0 amide bonds. The van der Waals surface area contributed by atoms with Gasteiger partial charge in [0.05, 0.1) is 0 Å². The minimum Gasteiger partial charge on any atom is -0.293 e. The summed E-state index contributed by atoms with van der Waals surface area (Å²) in [6.07, 6.45) is 3.47. The maximum Gasteiger partial charge on any atom is 0.0463 e. The van der Waals surface area contributed by atoms with Gasteiger partial charge in [-0.15, -0.1) is 23.2 Å². The first-order valence-electron chi connectivity index (χ1n) is 6.27. The number of alkyl halides is 2. The lowest BCUT2D eigenvalue weighted by molar-refractivity contribution is 0.208. The Morgan fingerprint density at radius 3 is 2.65 bits per heavy atom. The lowest BCUT2D eigenvalue weighted by atomic mass is 10.1. The summed E-state index contributed by atoms with van der Waals surface area (Å²) in [5.74, 6) is 0.705. The molecule has 1 nitrogen and oxygen atoms in total. The van der Waals surface area contributed by atoms with Crippen LogP contribution in [0.25, 0.3) is 0 Å². The lowest BCUT2D eigenvalue weighted by Crippen LogP contribution is -2.37. The second-order valence-corrected chi connectivity index (χ2v) is 5.68. The van der Waals surface area contributed by atoms with Crippen LogP contribution in [-0.2, 0) is 6.54 Å². The van der Waals surface area contributed by atoms with Crippen molar-refractivity contribution in [3.8, 4) is 0 Å². The standard InChI is InChI=1S/C14H19Cl2N/c15-9-14-8-4-7-13(16)11-17(14)10-12-5-2-1-3-6-12/h1-3,5-6,13-14H,4,7-11H2. The van der Waals surface area contributed by atoms with E-state index in [0.29, 0.717) is 11.9 Å². The maximum atomic E-state index is 6.32. The number of rotatable bonds is 3. The topological polar surface area (TPSA) is 3.24 Å². The van der Waals surface area contributed by atoms with Gasteiger partial charge in [-0.05, 0) is 18.4 Å². The van der Waals surface area contributed by atoms with Crippen molar-refractivity contribution in [2.45, 2.75) is 37.2 Å². The summed E-state index contributed by atoms with van der Waals surface area (Å²) in [6.45, 7) is 1.91. The Kier molecular flexibility index (Phi) is 5.15. The van der Waals surface area contributed by atoms with E-state index in [1.807, 2.05) is 0 Å². The molecule has 1 aliphatic rings. The molecule has 3 heteroatoms. The van der Waals surface area contributed by atoms with Crippen LogP contribution < -0.4 is 0 Å². The summed E-state index contributed by atoms with van der Waals surface area (Å²) in [6, 6.07) is 11.0. The van der Waals surface area contributed by atoms with Crippen molar-refractivity contribution in [2.75, 3.05) is 12.4 Å². The molecule has 0 aromatic heterocycles. The average Bonchev–Trinajstić information content (AvgIpc) is 2.52. The monoisotopic (exact) mass is 271 g/mol. The maximum absolute atomic E-state index is 6.32. The highest BCUT2D eigenvalue weighted by molar-refractivity contribution is 6.20. The van der Waals surface area contributed by atoms with Crippen LogP contribution in [0.4, 0.5) is 0 Å². The summed E-state index contributed by atoms with van der Waals surface area (Å²) >= 11 is 12.4. The highest BCUT2D eigenvalue weighted by Crippen LogP contribution is 2.23. The molecule has 2 rings (SSSR count). The molecule has 2 atom stereocenters. The molecule has 0 N–H and O–H groups in total. The Hall–Kier alpha value is -0.240. The van der Waals surface area contributed by atoms with E-state index in [1.54, 1.807) is 0 Å². The first-order chi connectivity index (χ1) is 8.29. The Balaban J connectivity index is 2.04. The second-order valence-electron chi connectivity index (χ2n) is 4.75. The van der Waals surface area contributed by atoms with E-state index in [4.69, 9.17) is 23.2 Å². The van der Waals surface area contributed by atoms with Gasteiger partial charge in [-0.3, -0.25) is 4.90 Å². The average molecular weight is 272 g/mol. The second kappa shape index (κ2) is 6.63.